The monoisotopic (exact) mass is 274 g/mol. The molecule has 0 aromatic heterocycles. The largest absolute Gasteiger partial charge is 0.383 e. The fourth-order valence-electron chi connectivity index (χ4n) is 3.06. The van der Waals surface area contributed by atoms with Gasteiger partial charge in [-0.25, -0.2) is 0 Å². The van der Waals surface area contributed by atoms with Crippen molar-refractivity contribution in [2.75, 3.05) is 11.9 Å². The average Bonchev–Trinajstić information content (AvgIpc) is 2.67. The van der Waals surface area contributed by atoms with Gasteiger partial charge in [0.2, 0.25) is 0 Å². The first kappa shape index (κ1) is 15.4. The molecule has 20 heavy (non-hydrogen) atoms. The summed E-state index contributed by atoms with van der Waals surface area (Å²) in [6.07, 6.45) is 6.66. The molecule has 1 fully saturated rings. The van der Waals surface area contributed by atoms with Gasteiger partial charge in [0.15, 0.2) is 0 Å². The van der Waals surface area contributed by atoms with Crippen LogP contribution in [0.5, 0.6) is 0 Å². The van der Waals surface area contributed by atoms with Crippen molar-refractivity contribution in [3.8, 4) is 0 Å². The normalized spacial score (nSPS) is 21.5. The lowest BCUT2D eigenvalue weighted by molar-refractivity contribution is 0.456. The second kappa shape index (κ2) is 7.68. The van der Waals surface area contributed by atoms with Gasteiger partial charge in [0.1, 0.15) is 0 Å². The lowest BCUT2D eigenvalue weighted by atomic mass is 10.0. The lowest BCUT2D eigenvalue weighted by Gasteiger charge is -2.22. The van der Waals surface area contributed by atoms with Crippen LogP contribution in [0.3, 0.4) is 0 Å². The molecule has 0 aliphatic carbocycles. The first-order valence-electron chi connectivity index (χ1n) is 8.25. The Balaban J connectivity index is 1.87. The van der Waals surface area contributed by atoms with Crippen molar-refractivity contribution in [1.82, 2.24) is 5.32 Å². The van der Waals surface area contributed by atoms with Gasteiger partial charge in [0.25, 0.3) is 0 Å². The summed E-state index contributed by atoms with van der Waals surface area (Å²) in [7, 11) is 0. The Morgan fingerprint density at radius 3 is 2.85 bits per heavy atom. The van der Waals surface area contributed by atoms with Gasteiger partial charge in [0, 0.05) is 17.8 Å². The molecule has 2 rings (SSSR count). The molecular formula is C18H30N2. The standard InChI is InChI=1S/C18H30N2/c1-14(2)16-8-7-10-18(13-16)20-15(3)12-17-9-5-4-6-11-19-17/h7-8,10,13-15,17,19-20H,4-6,9,11-12H2,1-3H3. The SMILES string of the molecule is CC(CC1CCCCCN1)Nc1cccc(C(C)C)c1. The summed E-state index contributed by atoms with van der Waals surface area (Å²) in [5.41, 5.74) is 2.67. The van der Waals surface area contributed by atoms with Crippen LogP contribution >= 0.6 is 0 Å². The minimum Gasteiger partial charge on any atom is -0.383 e. The van der Waals surface area contributed by atoms with Gasteiger partial charge in [0.05, 0.1) is 0 Å². The number of hydrogen-bond donors (Lipinski definition) is 2. The van der Waals surface area contributed by atoms with E-state index in [1.807, 2.05) is 0 Å². The molecule has 1 aliphatic rings. The second-order valence-corrected chi connectivity index (χ2v) is 6.56. The van der Waals surface area contributed by atoms with E-state index in [1.165, 1.54) is 49.9 Å². The molecule has 0 spiro atoms. The number of anilines is 1. The van der Waals surface area contributed by atoms with Crippen LogP contribution in [-0.2, 0) is 0 Å². The van der Waals surface area contributed by atoms with Gasteiger partial charge >= 0.3 is 0 Å². The van der Waals surface area contributed by atoms with Crippen LogP contribution in [0.1, 0.15) is 64.4 Å². The van der Waals surface area contributed by atoms with Gasteiger partial charge in [-0.2, -0.15) is 0 Å². The average molecular weight is 274 g/mol. The molecule has 2 unspecified atom stereocenters. The first-order valence-corrected chi connectivity index (χ1v) is 8.25. The molecule has 0 saturated carbocycles. The summed E-state index contributed by atoms with van der Waals surface area (Å²) >= 11 is 0. The van der Waals surface area contributed by atoms with Crippen molar-refractivity contribution in [2.45, 2.75) is 70.9 Å². The maximum absolute atomic E-state index is 3.69. The van der Waals surface area contributed by atoms with E-state index in [4.69, 9.17) is 0 Å². The van der Waals surface area contributed by atoms with Crippen LogP contribution in [0.2, 0.25) is 0 Å². The number of benzene rings is 1. The van der Waals surface area contributed by atoms with Crippen molar-refractivity contribution in [3.63, 3.8) is 0 Å². The van der Waals surface area contributed by atoms with E-state index in [0.29, 0.717) is 18.0 Å². The molecule has 112 valence electrons. The Hall–Kier alpha value is -1.02. The number of rotatable bonds is 5. The third-order valence-electron chi connectivity index (χ3n) is 4.27. The van der Waals surface area contributed by atoms with Crippen LogP contribution in [0.25, 0.3) is 0 Å². The molecule has 0 amide bonds. The highest BCUT2D eigenvalue weighted by Crippen LogP contribution is 2.20. The molecule has 2 atom stereocenters. The highest BCUT2D eigenvalue weighted by atomic mass is 15.0. The molecule has 1 heterocycles. The van der Waals surface area contributed by atoms with E-state index in [1.54, 1.807) is 0 Å². The second-order valence-electron chi connectivity index (χ2n) is 6.56. The highest BCUT2D eigenvalue weighted by molar-refractivity contribution is 5.47. The molecule has 0 bridgehead atoms. The summed E-state index contributed by atoms with van der Waals surface area (Å²) in [6.45, 7) is 7.99. The minimum absolute atomic E-state index is 0.521. The Labute approximate surface area is 124 Å². The van der Waals surface area contributed by atoms with E-state index in [2.05, 4.69) is 55.7 Å². The zero-order valence-electron chi connectivity index (χ0n) is 13.3. The van der Waals surface area contributed by atoms with Crippen molar-refractivity contribution < 1.29 is 0 Å². The summed E-state index contributed by atoms with van der Waals surface area (Å²) in [5, 5.41) is 7.35. The van der Waals surface area contributed by atoms with Crippen molar-refractivity contribution >= 4 is 5.69 Å². The molecule has 1 aromatic rings. The Morgan fingerprint density at radius 1 is 1.20 bits per heavy atom. The molecule has 1 saturated heterocycles. The third kappa shape index (κ3) is 4.82. The van der Waals surface area contributed by atoms with Gasteiger partial charge < -0.3 is 10.6 Å². The fourth-order valence-corrected chi connectivity index (χ4v) is 3.06. The summed E-state index contributed by atoms with van der Waals surface area (Å²) in [6, 6.07) is 10.1. The Morgan fingerprint density at radius 2 is 2.05 bits per heavy atom. The molecule has 0 radical (unpaired) electrons. The zero-order chi connectivity index (χ0) is 14.4. The van der Waals surface area contributed by atoms with Crippen LogP contribution in [-0.4, -0.2) is 18.6 Å². The van der Waals surface area contributed by atoms with Gasteiger partial charge in [-0.05, 0) is 56.3 Å². The van der Waals surface area contributed by atoms with Crippen molar-refractivity contribution in [2.24, 2.45) is 0 Å². The van der Waals surface area contributed by atoms with Gasteiger partial charge in [-0.1, -0.05) is 38.8 Å². The van der Waals surface area contributed by atoms with Crippen molar-refractivity contribution in [3.05, 3.63) is 29.8 Å². The minimum atomic E-state index is 0.521. The van der Waals surface area contributed by atoms with Crippen molar-refractivity contribution in [1.29, 1.82) is 0 Å². The van der Waals surface area contributed by atoms with Gasteiger partial charge in [-0.3, -0.25) is 0 Å². The summed E-state index contributed by atoms with van der Waals surface area (Å²) in [4.78, 5) is 0. The predicted octanol–water partition coefficient (Wildman–Crippen LogP) is 4.53. The van der Waals surface area contributed by atoms with Gasteiger partial charge in [-0.15, -0.1) is 0 Å². The first-order chi connectivity index (χ1) is 9.65. The third-order valence-corrected chi connectivity index (χ3v) is 4.27. The molecule has 2 heteroatoms. The summed E-state index contributed by atoms with van der Waals surface area (Å²) < 4.78 is 0. The quantitative estimate of drug-likeness (QED) is 0.824. The van der Waals surface area contributed by atoms with E-state index in [9.17, 15) is 0 Å². The maximum Gasteiger partial charge on any atom is 0.0345 e. The Kier molecular flexibility index (Phi) is 5.90. The molecule has 2 N–H and O–H groups in total. The van der Waals surface area contributed by atoms with E-state index in [0.717, 1.165) is 0 Å². The lowest BCUT2D eigenvalue weighted by Crippen LogP contribution is -2.33. The van der Waals surface area contributed by atoms with Crippen LogP contribution in [0, 0.1) is 0 Å². The Bertz CT molecular complexity index is 392. The van der Waals surface area contributed by atoms with E-state index < -0.39 is 0 Å². The van der Waals surface area contributed by atoms with E-state index in [-0.39, 0.29) is 0 Å². The zero-order valence-corrected chi connectivity index (χ0v) is 13.3. The molecule has 1 aliphatic heterocycles. The fraction of sp³-hybridized carbons (Fsp3) is 0.667. The molecule has 2 nitrogen and oxygen atoms in total. The number of hydrogen-bond acceptors (Lipinski definition) is 2. The summed E-state index contributed by atoms with van der Waals surface area (Å²) in [5.74, 6) is 0.593. The van der Waals surface area contributed by atoms with Crippen LogP contribution in [0.15, 0.2) is 24.3 Å². The van der Waals surface area contributed by atoms with Crippen LogP contribution < -0.4 is 10.6 Å². The molecule has 1 aromatic carbocycles. The van der Waals surface area contributed by atoms with Crippen LogP contribution in [0.4, 0.5) is 5.69 Å². The maximum atomic E-state index is 3.69. The topological polar surface area (TPSA) is 24.1 Å². The predicted molar refractivity (Wildman–Crippen MR) is 88.5 cm³/mol. The van der Waals surface area contributed by atoms with E-state index >= 15 is 0 Å². The smallest absolute Gasteiger partial charge is 0.0345 e. The highest BCUT2D eigenvalue weighted by Gasteiger charge is 2.14. The number of nitrogens with one attached hydrogen (secondary N) is 2. The molecular weight excluding hydrogens is 244 g/mol.